The summed E-state index contributed by atoms with van der Waals surface area (Å²) in [6.07, 6.45) is 6.91. The SMILES string of the molecule is c1cncc(-c2cnc(Nc3ccc4[nH]ncc4c3)o2)c1. The Morgan fingerprint density at radius 2 is 2.10 bits per heavy atom. The first-order valence-electron chi connectivity index (χ1n) is 6.45. The molecule has 3 heterocycles. The van der Waals surface area contributed by atoms with Crippen LogP contribution in [-0.2, 0) is 0 Å². The van der Waals surface area contributed by atoms with Crippen LogP contribution in [0, 0.1) is 0 Å². The maximum Gasteiger partial charge on any atom is 0.299 e. The fourth-order valence-electron chi connectivity index (χ4n) is 2.12. The molecule has 0 saturated heterocycles. The first-order chi connectivity index (χ1) is 10.4. The second-order valence-electron chi connectivity index (χ2n) is 4.57. The Bertz CT molecular complexity index is 881. The summed E-state index contributed by atoms with van der Waals surface area (Å²) in [6.45, 7) is 0. The Labute approximate surface area is 119 Å². The number of oxazole rings is 1. The van der Waals surface area contributed by atoms with Gasteiger partial charge in [-0.15, -0.1) is 0 Å². The molecule has 4 rings (SSSR count). The third-order valence-corrected chi connectivity index (χ3v) is 3.14. The monoisotopic (exact) mass is 277 g/mol. The lowest BCUT2D eigenvalue weighted by molar-refractivity contribution is 0.592. The van der Waals surface area contributed by atoms with Gasteiger partial charge in [0, 0.05) is 29.0 Å². The molecule has 0 saturated carbocycles. The smallest absolute Gasteiger partial charge is 0.299 e. The van der Waals surface area contributed by atoms with Crippen molar-refractivity contribution >= 4 is 22.6 Å². The third kappa shape index (κ3) is 2.23. The predicted molar refractivity (Wildman–Crippen MR) is 79.1 cm³/mol. The Hall–Kier alpha value is -3.15. The van der Waals surface area contributed by atoms with Crippen molar-refractivity contribution in [2.24, 2.45) is 0 Å². The van der Waals surface area contributed by atoms with Gasteiger partial charge >= 0.3 is 0 Å². The molecule has 1 aromatic carbocycles. The number of anilines is 2. The molecule has 2 N–H and O–H groups in total. The van der Waals surface area contributed by atoms with E-state index >= 15 is 0 Å². The minimum atomic E-state index is 0.441. The Morgan fingerprint density at radius 1 is 1.10 bits per heavy atom. The van der Waals surface area contributed by atoms with Crippen molar-refractivity contribution in [2.75, 3.05) is 5.32 Å². The maximum absolute atomic E-state index is 5.68. The zero-order valence-corrected chi connectivity index (χ0v) is 10.9. The molecule has 0 atom stereocenters. The van der Waals surface area contributed by atoms with Crippen molar-refractivity contribution in [1.29, 1.82) is 0 Å². The largest absolute Gasteiger partial charge is 0.423 e. The van der Waals surface area contributed by atoms with Crippen LogP contribution in [0.1, 0.15) is 0 Å². The van der Waals surface area contributed by atoms with E-state index in [4.69, 9.17) is 4.42 Å². The molecule has 6 nitrogen and oxygen atoms in total. The number of fused-ring (bicyclic) bond motifs is 1. The molecule has 6 heteroatoms. The van der Waals surface area contributed by atoms with Crippen LogP contribution < -0.4 is 5.32 Å². The summed E-state index contributed by atoms with van der Waals surface area (Å²) in [5.41, 5.74) is 2.77. The van der Waals surface area contributed by atoms with Gasteiger partial charge in [0.2, 0.25) is 0 Å². The number of benzene rings is 1. The van der Waals surface area contributed by atoms with Gasteiger partial charge in [-0.2, -0.15) is 5.10 Å². The van der Waals surface area contributed by atoms with Crippen LogP contribution in [-0.4, -0.2) is 20.2 Å². The van der Waals surface area contributed by atoms with Crippen LogP contribution in [0.4, 0.5) is 11.7 Å². The zero-order valence-electron chi connectivity index (χ0n) is 10.9. The number of hydrogen-bond acceptors (Lipinski definition) is 5. The highest BCUT2D eigenvalue weighted by Gasteiger charge is 2.07. The predicted octanol–water partition coefficient (Wildman–Crippen LogP) is 3.36. The Kier molecular flexibility index (Phi) is 2.64. The van der Waals surface area contributed by atoms with Gasteiger partial charge in [0.15, 0.2) is 5.76 Å². The van der Waals surface area contributed by atoms with Crippen LogP contribution in [0.25, 0.3) is 22.2 Å². The first kappa shape index (κ1) is 11.7. The van der Waals surface area contributed by atoms with E-state index in [0.29, 0.717) is 11.8 Å². The molecule has 21 heavy (non-hydrogen) atoms. The topological polar surface area (TPSA) is 79.6 Å². The molecule has 102 valence electrons. The first-order valence-corrected chi connectivity index (χ1v) is 6.45. The Balaban J connectivity index is 1.61. The molecule has 0 amide bonds. The van der Waals surface area contributed by atoms with E-state index in [1.807, 2.05) is 30.3 Å². The van der Waals surface area contributed by atoms with Crippen LogP contribution >= 0.6 is 0 Å². The average Bonchev–Trinajstić information content (AvgIpc) is 3.17. The van der Waals surface area contributed by atoms with Gasteiger partial charge in [-0.3, -0.25) is 10.1 Å². The number of nitrogens with one attached hydrogen (secondary N) is 2. The molecule has 0 aliphatic carbocycles. The normalized spacial score (nSPS) is 10.9. The van der Waals surface area contributed by atoms with Crippen molar-refractivity contribution in [3.05, 3.63) is 55.1 Å². The van der Waals surface area contributed by atoms with E-state index in [0.717, 1.165) is 22.2 Å². The maximum atomic E-state index is 5.68. The summed E-state index contributed by atoms with van der Waals surface area (Å²) in [4.78, 5) is 8.29. The van der Waals surface area contributed by atoms with Crippen molar-refractivity contribution in [1.82, 2.24) is 20.2 Å². The molecule has 0 spiro atoms. The van der Waals surface area contributed by atoms with Crippen molar-refractivity contribution in [3.63, 3.8) is 0 Å². The third-order valence-electron chi connectivity index (χ3n) is 3.14. The summed E-state index contributed by atoms with van der Waals surface area (Å²) >= 11 is 0. The molecule has 0 radical (unpaired) electrons. The molecular formula is C15H11N5O. The number of hydrogen-bond donors (Lipinski definition) is 2. The molecule has 0 bridgehead atoms. The fraction of sp³-hybridized carbons (Fsp3) is 0. The lowest BCUT2D eigenvalue weighted by Gasteiger charge is -2.01. The highest BCUT2D eigenvalue weighted by molar-refractivity contribution is 5.82. The van der Waals surface area contributed by atoms with Crippen LogP contribution in [0.5, 0.6) is 0 Å². The molecule has 0 aliphatic rings. The number of nitrogens with zero attached hydrogens (tertiary/aromatic N) is 3. The van der Waals surface area contributed by atoms with Crippen molar-refractivity contribution < 1.29 is 4.42 Å². The van der Waals surface area contributed by atoms with E-state index in [2.05, 4.69) is 25.5 Å². The number of rotatable bonds is 3. The number of pyridine rings is 1. The minimum Gasteiger partial charge on any atom is -0.423 e. The summed E-state index contributed by atoms with van der Waals surface area (Å²) in [6, 6.07) is 10.1. The zero-order chi connectivity index (χ0) is 14.1. The van der Waals surface area contributed by atoms with Crippen molar-refractivity contribution in [3.8, 4) is 11.3 Å². The van der Waals surface area contributed by atoms with Gasteiger partial charge in [0.05, 0.1) is 17.9 Å². The van der Waals surface area contributed by atoms with Gasteiger partial charge in [0.1, 0.15) is 0 Å². The minimum absolute atomic E-state index is 0.441. The lowest BCUT2D eigenvalue weighted by atomic mass is 10.2. The second kappa shape index (κ2) is 4.75. The summed E-state index contributed by atoms with van der Waals surface area (Å²) in [5.74, 6) is 0.676. The quantitative estimate of drug-likeness (QED) is 0.600. The molecule has 0 aliphatic heterocycles. The lowest BCUT2D eigenvalue weighted by Crippen LogP contribution is -1.89. The summed E-state index contributed by atoms with van der Waals surface area (Å²) in [7, 11) is 0. The average molecular weight is 277 g/mol. The number of H-pyrrole nitrogens is 1. The highest BCUT2D eigenvalue weighted by Crippen LogP contribution is 2.25. The van der Waals surface area contributed by atoms with E-state index in [1.54, 1.807) is 24.8 Å². The van der Waals surface area contributed by atoms with Crippen LogP contribution in [0.3, 0.4) is 0 Å². The van der Waals surface area contributed by atoms with Gasteiger partial charge in [0.25, 0.3) is 6.01 Å². The standard InChI is InChI=1S/C15H11N5O/c1-2-10(7-16-5-1)14-9-17-15(21-14)19-12-3-4-13-11(6-12)8-18-20-13/h1-9H,(H,17,19)(H,18,20). The summed E-state index contributed by atoms with van der Waals surface area (Å²) in [5, 5.41) is 11.1. The van der Waals surface area contributed by atoms with Gasteiger partial charge in [-0.1, -0.05) is 0 Å². The van der Waals surface area contributed by atoms with Gasteiger partial charge in [-0.25, -0.2) is 4.98 Å². The molecular weight excluding hydrogens is 266 g/mol. The van der Waals surface area contributed by atoms with E-state index in [-0.39, 0.29) is 0 Å². The van der Waals surface area contributed by atoms with Crippen LogP contribution in [0.15, 0.2) is 59.5 Å². The number of aromatic amines is 1. The van der Waals surface area contributed by atoms with Crippen LogP contribution in [0.2, 0.25) is 0 Å². The molecule has 0 unspecified atom stereocenters. The highest BCUT2D eigenvalue weighted by atomic mass is 16.4. The number of aromatic nitrogens is 4. The van der Waals surface area contributed by atoms with E-state index in [1.165, 1.54) is 0 Å². The van der Waals surface area contributed by atoms with Gasteiger partial charge < -0.3 is 9.73 Å². The molecule has 4 aromatic rings. The van der Waals surface area contributed by atoms with Gasteiger partial charge in [-0.05, 0) is 30.3 Å². The van der Waals surface area contributed by atoms with E-state index in [9.17, 15) is 0 Å². The fourth-order valence-corrected chi connectivity index (χ4v) is 2.12. The molecule has 0 fully saturated rings. The summed E-state index contributed by atoms with van der Waals surface area (Å²) < 4.78 is 5.68. The van der Waals surface area contributed by atoms with Crippen molar-refractivity contribution in [2.45, 2.75) is 0 Å². The van der Waals surface area contributed by atoms with E-state index < -0.39 is 0 Å². The molecule has 3 aromatic heterocycles. The Morgan fingerprint density at radius 3 is 3.00 bits per heavy atom. The second-order valence-corrected chi connectivity index (χ2v) is 4.57.